The molecule has 65 heavy (non-hydrogen) atoms. The van der Waals surface area contributed by atoms with E-state index in [1.54, 1.807) is 30.6 Å². The average molecular weight is 903 g/mol. The molecule has 342 valence electrons. The van der Waals surface area contributed by atoms with Crippen molar-refractivity contribution in [3.8, 4) is 11.5 Å². The van der Waals surface area contributed by atoms with Gasteiger partial charge in [0.05, 0.1) is 41.6 Å². The average Bonchev–Trinajstić information content (AvgIpc) is 4.04. The highest BCUT2D eigenvalue weighted by Crippen LogP contribution is 2.54. The number of amides is 1. The number of hydrogen-bond acceptors (Lipinski definition) is 12. The molecule has 1 unspecified atom stereocenters. The summed E-state index contributed by atoms with van der Waals surface area (Å²) >= 11 is 0. The van der Waals surface area contributed by atoms with Crippen LogP contribution in [0.2, 0.25) is 0 Å². The number of hydrogen-bond donors (Lipinski definition) is 3. The molecule has 2 saturated heterocycles. The monoisotopic (exact) mass is 902 g/mol. The molecule has 5 fully saturated rings. The number of carbonyl (C=O) groups excluding carboxylic acids is 1. The summed E-state index contributed by atoms with van der Waals surface area (Å²) in [4.78, 5) is 41.7. The van der Waals surface area contributed by atoms with Gasteiger partial charge in [0.15, 0.2) is 0 Å². The number of nitrogens with zero attached hydrogens (tertiary/aromatic N) is 5. The Kier molecular flexibility index (Phi) is 11.8. The van der Waals surface area contributed by atoms with E-state index in [1.165, 1.54) is 24.0 Å². The molecule has 2 aromatic carbocycles. The number of morpholine rings is 1. The minimum atomic E-state index is -4.60. The summed E-state index contributed by atoms with van der Waals surface area (Å²) in [7, 11) is -4.60. The number of fused-ring (bicyclic) bond motifs is 1. The zero-order valence-electron chi connectivity index (χ0n) is 37.1. The summed E-state index contributed by atoms with van der Waals surface area (Å²) in [5.41, 5.74) is 4.22. The van der Waals surface area contributed by atoms with E-state index in [9.17, 15) is 23.3 Å². The SMILES string of the molecule is CC1CCC(CNc2ncc(S(=O)(=O)NC(=O)c3ccc(N4CCC5(CC4)CC(N4CCOC(C)[C@H]4c4ccccc4C4CC4)C5)cc3Oc3cnc4[nH]ccc4c3)cc2[N+](=O)[O-])CC1. The van der Waals surface area contributed by atoms with Crippen LogP contribution >= 0.6 is 0 Å². The third-order valence-corrected chi connectivity index (χ3v) is 16.2. The van der Waals surface area contributed by atoms with Crippen molar-refractivity contribution >= 4 is 44.2 Å². The van der Waals surface area contributed by atoms with Crippen LogP contribution in [0.15, 0.2) is 84.1 Å². The lowest BCUT2D eigenvalue weighted by Crippen LogP contribution is -2.59. The number of carbonyl (C=O) groups is 1. The van der Waals surface area contributed by atoms with Crippen molar-refractivity contribution in [2.45, 2.75) is 107 Å². The summed E-state index contributed by atoms with van der Waals surface area (Å²) in [6.07, 6.45) is 15.6. The van der Waals surface area contributed by atoms with E-state index in [1.807, 2.05) is 12.1 Å². The molecular weight excluding hydrogens is 845 g/mol. The van der Waals surface area contributed by atoms with Crippen molar-refractivity contribution < 1.29 is 27.6 Å². The topological polar surface area (TPSA) is 185 Å². The molecule has 5 aromatic rings. The largest absolute Gasteiger partial charge is 0.455 e. The first-order valence-corrected chi connectivity index (χ1v) is 24.8. The molecule has 1 spiro atoms. The number of H-pyrrole nitrogens is 1. The van der Waals surface area contributed by atoms with E-state index in [-0.39, 0.29) is 34.7 Å². The molecule has 15 nitrogen and oxygen atoms in total. The summed E-state index contributed by atoms with van der Waals surface area (Å²) < 4.78 is 42.2. The van der Waals surface area contributed by atoms with Gasteiger partial charge in [0.2, 0.25) is 5.82 Å². The Hall–Kier alpha value is -5.58. The number of anilines is 2. The van der Waals surface area contributed by atoms with Crippen LogP contribution in [-0.2, 0) is 14.8 Å². The predicted octanol–water partition coefficient (Wildman–Crippen LogP) is 9.10. The lowest BCUT2D eigenvalue weighted by Gasteiger charge is -2.58. The van der Waals surface area contributed by atoms with Gasteiger partial charge >= 0.3 is 5.69 Å². The van der Waals surface area contributed by atoms with Crippen molar-refractivity contribution in [1.29, 1.82) is 0 Å². The number of sulfonamides is 1. The van der Waals surface area contributed by atoms with Crippen LogP contribution in [0.4, 0.5) is 17.2 Å². The number of rotatable bonds is 13. The van der Waals surface area contributed by atoms with Crippen LogP contribution in [0.25, 0.3) is 11.0 Å². The number of nitrogens with one attached hydrogen (secondary N) is 3. The first-order valence-electron chi connectivity index (χ1n) is 23.3. The molecule has 10 rings (SSSR count). The first kappa shape index (κ1) is 43.3. The van der Waals surface area contributed by atoms with E-state index in [2.05, 4.69) is 72.9 Å². The van der Waals surface area contributed by atoms with Crippen molar-refractivity contribution in [3.63, 3.8) is 0 Å². The summed E-state index contributed by atoms with van der Waals surface area (Å²) in [6.45, 7) is 8.30. The quantitative estimate of drug-likeness (QED) is 0.0753. The molecule has 0 bridgehead atoms. The van der Waals surface area contributed by atoms with E-state index < -0.39 is 31.4 Å². The van der Waals surface area contributed by atoms with Gasteiger partial charge in [-0.05, 0) is 117 Å². The second kappa shape index (κ2) is 17.7. The predicted molar refractivity (Wildman–Crippen MR) is 248 cm³/mol. The van der Waals surface area contributed by atoms with E-state index >= 15 is 0 Å². The highest BCUT2D eigenvalue weighted by atomic mass is 32.2. The van der Waals surface area contributed by atoms with Crippen LogP contribution in [0.5, 0.6) is 11.5 Å². The molecule has 3 saturated carbocycles. The van der Waals surface area contributed by atoms with Gasteiger partial charge in [0.1, 0.15) is 22.0 Å². The minimum Gasteiger partial charge on any atom is -0.455 e. The Morgan fingerprint density at radius 2 is 1.72 bits per heavy atom. The number of benzene rings is 2. The smallest absolute Gasteiger partial charge is 0.312 e. The maximum absolute atomic E-state index is 14.0. The molecule has 3 aliphatic carbocycles. The first-order chi connectivity index (χ1) is 31.4. The van der Waals surface area contributed by atoms with Gasteiger partial charge in [-0.1, -0.05) is 44.0 Å². The lowest BCUT2D eigenvalue weighted by atomic mass is 9.59. The summed E-state index contributed by atoms with van der Waals surface area (Å²) in [5, 5.41) is 16.0. The van der Waals surface area contributed by atoms with E-state index in [0.29, 0.717) is 41.7 Å². The summed E-state index contributed by atoms with van der Waals surface area (Å²) in [6, 6.07) is 19.5. The van der Waals surface area contributed by atoms with Crippen molar-refractivity contribution in [2.24, 2.45) is 17.3 Å². The Morgan fingerprint density at radius 1 is 0.954 bits per heavy atom. The van der Waals surface area contributed by atoms with E-state index in [0.717, 1.165) is 101 Å². The maximum Gasteiger partial charge on any atom is 0.312 e. The van der Waals surface area contributed by atoms with Crippen LogP contribution < -0.4 is 19.7 Å². The normalized spacial score (nSPS) is 23.8. The zero-order valence-corrected chi connectivity index (χ0v) is 37.9. The Bertz CT molecular complexity index is 2680. The maximum atomic E-state index is 14.0. The highest BCUT2D eigenvalue weighted by molar-refractivity contribution is 7.90. The molecule has 16 heteroatoms. The van der Waals surface area contributed by atoms with Gasteiger partial charge in [-0.3, -0.25) is 19.8 Å². The molecule has 2 aliphatic heterocycles. The molecule has 3 N–H and O–H groups in total. The fourth-order valence-electron chi connectivity index (χ4n) is 11.0. The van der Waals surface area contributed by atoms with Gasteiger partial charge in [0, 0.05) is 61.6 Å². The van der Waals surface area contributed by atoms with Crippen molar-refractivity contribution in [3.05, 3.63) is 106 Å². The van der Waals surface area contributed by atoms with Gasteiger partial charge in [0.25, 0.3) is 15.9 Å². The fourth-order valence-corrected chi connectivity index (χ4v) is 11.9. The lowest BCUT2D eigenvalue weighted by molar-refractivity contribution is -0.384. The zero-order chi connectivity index (χ0) is 44.9. The Labute approximate surface area is 379 Å². The Morgan fingerprint density at radius 3 is 2.48 bits per heavy atom. The van der Waals surface area contributed by atoms with Gasteiger partial charge < -0.3 is 24.7 Å². The third kappa shape index (κ3) is 9.04. The van der Waals surface area contributed by atoms with Crippen LogP contribution in [0.3, 0.4) is 0 Å². The highest BCUT2D eigenvalue weighted by Gasteiger charge is 2.51. The number of piperidine rings is 1. The minimum absolute atomic E-state index is 0.00962. The van der Waals surface area contributed by atoms with Crippen LogP contribution in [-0.4, -0.2) is 84.0 Å². The van der Waals surface area contributed by atoms with Crippen LogP contribution in [0.1, 0.15) is 112 Å². The molecular formula is C49H58N8O7S. The molecule has 2 atom stereocenters. The molecule has 1 amide bonds. The number of aromatic nitrogens is 3. The Balaban J connectivity index is 0.842. The second-order valence-electron chi connectivity index (χ2n) is 19.3. The number of nitro groups is 1. The number of aromatic amines is 1. The van der Waals surface area contributed by atoms with E-state index in [4.69, 9.17) is 9.47 Å². The van der Waals surface area contributed by atoms with Crippen molar-refractivity contribution in [1.82, 2.24) is 24.6 Å². The molecule has 3 aromatic heterocycles. The standard InChI is InChI=1S/C49H58N8O7S/c1-31-7-9-33(10-8-31)28-51-47-43(57(59)60)25-39(30-53-47)65(61,62)54-48(58)42-14-13-36(24-44(42)64-38-23-35-15-18-50-46(35)52-29-38)55-19-16-49(17-20-55)26-37(27-49)56-21-22-63-32(2)45(56)41-6-4-3-5-40(41)34-11-12-34/h3-6,13-15,18,23-25,29-34,37,45H,7-12,16-17,19-22,26-28H2,1-2H3,(H,50,52)(H,51,53)(H,54,58)/t31?,32?,33?,45-/m0/s1. The third-order valence-electron chi connectivity index (χ3n) is 14.9. The molecule has 5 aliphatic rings. The number of ether oxygens (including phenoxy) is 2. The molecule has 0 radical (unpaired) electrons. The summed E-state index contributed by atoms with van der Waals surface area (Å²) in [5.74, 6) is 1.24. The second-order valence-corrected chi connectivity index (χ2v) is 21.0. The fraction of sp³-hybridized carbons (Fsp3) is 0.490. The van der Waals surface area contributed by atoms with Gasteiger partial charge in [-0.15, -0.1) is 0 Å². The molecule has 5 heterocycles. The van der Waals surface area contributed by atoms with Gasteiger partial charge in [-0.25, -0.2) is 23.1 Å². The van der Waals surface area contributed by atoms with Crippen molar-refractivity contribution in [2.75, 3.05) is 43.0 Å². The number of pyridine rings is 2. The van der Waals surface area contributed by atoms with Gasteiger partial charge in [-0.2, -0.15) is 0 Å². The van der Waals surface area contributed by atoms with Crippen LogP contribution in [0, 0.1) is 27.4 Å².